The van der Waals surface area contributed by atoms with Gasteiger partial charge in [-0.25, -0.2) is 4.98 Å². The monoisotopic (exact) mass is 210 g/mol. The highest BCUT2D eigenvalue weighted by Crippen LogP contribution is 2.37. The zero-order chi connectivity index (χ0) is 9.97. The highest BCUT2D eigenvalue weighted by Gasteiger charge is 2.22. The van der Waals surface area contributed by atoms with Crippen LogP contribution in [0.15, 0.2) is 5.38 Å². The van der Waals surface area contributed by atoms with Crippen LogP contribution in [0.4, 0.5) is 0 Å². The highest BCUT2D eigenvalue weighted by atomic mass is 32.1. The van der Waals surface area contributed by atoms with Crippen LogP contribution in [0.2, 0.25) is 0 Å². The average molecular weight is 210 g/mol. The zero-order valence-electron chi connectivity index (χ0n) is 8.70. The minimum Gasteiger partial charge on any atom is -0.327 e. The summed E-state index contributed by atoms with van der Waals surface area (Å²) in [6.07, 6.45) is 6.05. The van der Waals surface area contributed by atoms with Gasteiger partial charge in [0.2, 0.25) is 0 Å². The van der Waals surface area contributed by atoms with Gasteiger partial charge in [-0.05, 0) is 19.3 Å². The van der Waals surface area contributed by atoms with Gasteiger partial charge in [0.15, 0.2) is 0 Å². The molecular weight excluding hydrogens is 192 g/mol. The predicted octanol–water partition coefficient (Wildman–Crippen LogP) is 2.69. The molecule has 2 rings (SSSR count). The lowest BCUT2D eigenvalue weighted by molar-refractivity contribution is 0.417. The number of rotatable bonds is 4. The van der Waals surface area contributed by atoms with Crippen LogP contribution in [0.3, 0.4) is 0 Å². The van der Waals surface area contributed by atoms with Crippen molar-refractivity contribution in [3.8, 4) is 0 Å². The van der Waals surface area contributed by atoms with Crippen molar-refractivity contribution in [1.82, 2.24) is 4.98 Å². The first-order chi connectivity index (χ1) is 6.79. The summed E-state index contributed by atoms with van der Waals surface area (Å²) in [4.78, 5) is 4.66. The smallest absolute Gasteiger partial charge is 0.0959 e. The summed E-state index contributed by atoms with van der Waals surface area (Å²) in [5, 5.41) is 3.53. The lowest BCUT2D eigenvalue weighted by Gasteiger charge is -2.22. The molecule has 0 aliphatic heterocycles. The van der Waals surface area contributed by atoms with Gasteiger partial charge in [-0.15, -0.1) is 11.3 Å². The average Bonchev–Trinajstić information content (AvgIpc) is 2.50. The van der Waals surface area contributed by atoms with Crippen LogP contribution in [-0.4, -0.2) is 11.0 Å². The van der Waals surface area contributed by atoms with Crippen molar-refractivity contribution in [1.29, 1.82) is 0 Å². The molecule has 0 bridgehead atoms. The number of thiazole rings is 1. The van der Waals surface area contributed by atoms with Crippen molar-refractivity contribution in [3.05, 3.63) is 16.1 Å². The Labute approximate surface area is 89.5 Å². The normalized spacial score (nSPS) is 19.3. The van der Waals surface area contributed by atoms with Crippen molar-refractivity contribution < 1.29 is 0 Å². The Morgan fingerprint density at radius 2 is 2.43 bits per heavy atom. The third-order valence-electron chi connectivity index (χ3n) is 3.02. The molecule has 0 aromatic carbocycles. The third-order valence-corrected chi connectivity index (χ3v) is 4.08. The van der Waals surface area contributed by atoms with E-state index in [1.807, 2.05) is 11.3 Å². The largest absolute Gasteiger partial charge is 0.327 e. The van der Waals surface area contributed by atoms with Crippen molar-refractivity contribution >= 4 is 11.3 Å². The molecule has 1 heterocycles. The van der Waals surface area contributed by atoms with Gasteiger partial charge in [-0.1, -0.05) is 13.3 Å². The van der Waals surface area contributed by atoms with Gasteiger partial charge in [0.25, 0.3) is 0 Å². The molecule has 0 radical (unpaired) electrons. The second-order valence-corrected chi connectivity index (χ2v) is 5.07. The first kappa shape index (κ1) is 10.1. The Kier molecular flexibility index (Phi) is 3.19. The standard InChI is InChI=1S/C11H18N2S/c1-2-9(12)6-10-7-14-11(13-10)8-4-3-5-8/h7-9H,2-6,12H2,1H3. The van der Waals surface area contributed by atoms with E-state index in [4.69, 9.17) is 5.73 Å². The third kappa shape index (κ3) is 2.15. The van der Waals surface area contributed by atoms with Gasteiger partial charge >= 0.3 is 0 Å². The maximum atomic E-state index is 5.90. The van der Waals surface area contributed by atoms with Crippen LogP contribution in [0.5, 0.6) is 0 Å². The SMILES string of the molecule is CCC(N)Cc1csc(C2CCC2)n1. The summed E-state index contributed by atoms with van der Waals surface area (Å²) in [5.41, 5.74) is 7.10. The fourth-order valence-electron chi connectivity index (χ4n) is 1.67. The summed E-state index contributed by atoms with van der Waals surface area (Å²) >= 11 is 1.82. The van der Waals surface area contributed by atoms with Crippen molar-refractivity contribution in [2.24, 2.45) is 5.73 Å². The summed E-state index contributed by atoms with van der Waals surface area (Å²) in [6, 6.07) is 0.284. The van der Waals surface area contributed by atoms with Gasteiger partial charge in [0.05, 0.1) is 10.7 Å². The molecule has 1 aliphatic rings. The van der Waals surface area contributed by atoms with E-state index in [-0.39, 0.29) is 6.04 Å². The number of aromatic nitrogens is 1. The fourth-order valence-corrected chi connectivity index (χ4v) is 2.68. The molecule has 2 nitrogen and oxygen atoms in total. The Morgan fingerprint density at radius 3 is 3.00 bits per heavy atom. The molecule has 0 spiro atoms. The first-order valence-corrected chi connectivity index (χ1v) is 6.37. The molecule has 1 aromatic heterocycles. The minimum atomic E-state index is 0.284. The Balaban J connectivity index is 1.95. The van der Waals surface area contributed by atoms with E-state index in [2.05, 4.69) is 17.3 Å². The molecule has 1 saturated carbocycles. The number of hydrogen-bond donors (Lipinski definition) is 1. The van der Waals surface area contributed by atoms with E-state index >= 15 is 0 Å². The van der Waals surface area contributed by atoms with E-state index in [1.54, 1.807) is 0 Å². The number of nitrogens with two attached hydrogens (primary N) is 1. The molecular formula is C11H18N2S. The minimum absolute atomic E-state index is 0.284. The van der Waals surface area contributed by atoms with Crippen LogP contribution in [0.1, 0.15) is 49.2 Å². The summed E-state index contributed by atoms with van der Waals surface area (Å²) < 4.78 is 0. The molecule has 1 fully saturated rings. The molecule has 1 aromatic rings. The Bertz CT molecular complexity index is 291. The van der Waals surface area contributed by atoms with Crippen molar-refractivity contribution in [3.63, 3.8) is 0 Å². The van der Waals surface area contributed by atoms with E-state index in [0.717, 1.165) is 18.8 Å². The fraction of sp³-hybridized carbons (Fsp3) is 0.727. The lowest BCUT2D eigenvalue weighted by Crippen LogP contribution is -2.21. The molecule has 1 aliphatic carbocycles. The van der Waals surface area contributed by atoms with Crippen molar-refractivity contribution in [2.45, 2.75) is 51.0 Å². The Hall–Kier alpha value is -0.410. The highest BCUT2D eigenvalue weighted by molar-refractivity contribution is 7.09. The van der Waals surface area contributed by atoms with Gasteiger partial charge < -0.3 is 5.73 Å². The van der Waals surface area contributed by atoms with Gasteiger partial charge in [-0.3, -0.25) is 0 Å². The second kappa shape index (κ2) is 4.41. The lowest BCUT2D eigenvalue weighted by atomic mass is 9.86. The second-order valence-electron chi connectivity index (χ2n) is 4.18. The summed E-state index contributed by atoms with van der Waals surface area (Å²) in [6.45, 7) is 2.13. The van der Waals surface area contributed by atoms with Crippen LogP contribution in [0, 0.1) is 0 Å². The quantitative estimate of drug-likeness (QED) is 0.830. The number of hydrogen-bond acceptors (Lipinski definition) is 3. The zero-order valence-corrected chi connectivity index (χ0v) is 9.52. The van der Waals surface area contributed by atoms with Crippen LogP contribution < -0.4 is 5.73 Å². The van der Waals surface area contributed by atoms with Gasteiger partial charge in [-0.2, -0.15) is 0 Å². The van der Waals surface area contributed by atoms with Crippen LogP contribution in [0.25, 0.3) is 0 Å². The molecule has 1 atom stereocenters. The summed E-state index contributed by atoms with van der Waals surface area (Å²) in [5.74, 6) is 0.770. The van der Waals surface area contributed by atoms with E-state index in [0.29, 0.717) is 0 Å². The van der Waals surface area contributed by atoms with Crippen LogP contribution >= 0.6 is 11.3 Å². The maximum Gasteiger partial charge on any atom is 0.0959 e. The molecule has 0 amide bonds. The van der Waals surface area contributed by atoms with Gasteiger partial charge in [0, 0.05) is 23.8 Å². The molecule has 14 heavy (non-hydrogen) atoms. The van der Waals surface area contributed by atoms with Gasteiger partial charge in [0.1, 0.15) is 0 Å². The molecule has 2 N–H and O–H groups in total. The van der Waals surface area contributed by atoms with E-state index in [9.17, 15) is 0 Å². The Morgan fingerprint density at radius 1 is 1.64 bits per heavy atom. The van der Waals surface area contributed by atoms with Crippen LogP contribution in [-0.2, 0) is 6.42 Å². The predicted molar refractivity (Wildman–Crippen MR) is 60.7 cm³/mol. The van der Waals surface area contributed by atoms with E-state index < -0.39 is 0 Å². The first-order valence-electron chi connectivity index (χ1n) is 5.49. The molecule has 0 saturated heterocycles. The number of nitrogens with zero attached hydrogens (tertiary/aromatic N) is 1. The molecule has 78 valence electrons. The molecule has 3 heteroatoms. The van der Waals surface area contributed by atoms with E-state index in [1.165, 1.54) is 30.0 Å². The van der Waals surface area contributed by atoms with Crippen molar-refractivity contribution in [2.75, 3.05) is 0 Å². The topological polar surface area (TPSA) is 38.9 Å². The maximum absolute atomic E-state index is 5.90. The summed E-state index contributed by atoms with van der Waals surface area (Å²) in [7, 11) is 0. The molecule has 1 unspecified atom stereocenters.